The van der Waals surface area contributed by atoms with Gasteiger partial charge in [0.15, 0.2) is 9.84 Å². The van der Waals surface area contributed by atoms with Gasteiger partial charge in [0.2, 0.25) is 0 Å². The molecule has 1 aromatic carbocycles. The van der Waals surface area contributed by atoms with Crippen LogP contribution in [0.1, 0.15) is 31.4 Å². The summed E-state index contributed by atoms with van der Waals surface area (Å²) in [7, 11) is -3.11. The quantitative estimate of drug-likeness (QED) is 0.920. The molecule has 2 atom stereocenters. The number of sulfone groups is 1. The van der Waals surface area contributed by atoms with Crippen molar-refractivity contribution in [3.8, 4) is 0 Å². The van der Waals surface area contributed by atoms with E-state index in [1.807, 2.05) is 12.1 Å². The van der Waals surface area contributed by atoms with Crippen LogP contribution in [0.15, 0.2) is 29.2 Å². The van der Waals surface area contributed by atoms with E-state index in [9.17, 15) is 8.42 Å². The van der Waals surface area contributed by atoms with Gasteiger partial charge in [-0.05, 0) is 56.5 Å². The Morgan fingerprint density at radius 3 is 2.55 bits per heavy atom. The minimum atomic E-state index is -3.11. The van der Waals surface area contributed by atoms with Gasteiger partial charge < -0.3 is 5.73 Å². The molecule has 0 bridgehead atoms. The summed E-state index contributed by atoms with van der Waals surface area (Å²) in [6, 6.07) is 7.55. The van der Waals surface area contributed by atoms with E-state index in [0.29, 0.717) is 16.9 Å². The van der Waals surface area contributed by atoms with Crippen LogP contribution in [0.2, 0.25) is 0 Å². The zero-order valence-corrected chi connectivity index (χ0v) is 13.1. The van der Waals surface area contributed by atoms with Crippen LogP contribution >= 0.6 is 0 Å². The Labute approximate surface area is 121 Å². The lowest BCUT2D eigenvalue weighted by Gasteiger charge is -2.36. The fraction of sp³-hybridized carbons (Fsp3) is 0.600. The first kappa shape index (κ1) is 15.5. The van der Waals surface area contributed by atoms with Gasteiger partial charge in [0.05, 0.1) is 4.90 Å². The number of likely N-dealkylation sites (tertiary alicyclic amines) is 1. The van der Waals surface area contributed by atoms with E-state index in [4.69, 9.17) is 5.73 Å². The number of piperidine rings is 1. The molecule has 0 amide bonds. The first-order valence-electron chi connectivity index (χ1n) is 7.16. The predicted octanol–water partition coefficient (Wildman–Crippen LogP) is 1.82. The number of nitrogens with zero attached hydrogens (tertiary/aromatic N) is 1. The molecule has 20 heavy (non-hydrogen) atoms. The van der Waals surface area contributed by atoms with Gasteiger partial charge in [0.25, 0.3) is 0 Å². The number of hydrogen-bond acceptors (Lipinski definition) is 4. The third kappa shape index (κ3) is 3.59. The summed E-state index contributed by atoms with van der Waals surface area (Å²) < 4.78 is 22.9. The van der Waals surface area contributed by atoms with Crippen molar-refractivity contribution in [1.82, 2.24) is 4.90 Å². The normalized spacial score (nSPS) is 22.6. The third-order valence-corrected chi connectivity index (χ3v) is 5.35. The third-order valence-electron chi connectivity index (χ3n) is 4.22. The fourth-order valence-electron chi connectivity index (χ4n) is 2.85. The average Bonchev–Trinajstić information content (AvgIpc) is 2.46. The van der Waals surface area contributed by atoms with Crippen molar-refractivity contribution >= 4 is 9.84 Å². The number of rotatable bonds is 4. The maximum absolute atomic E-state index is 11.5. The van der Waals surface area contributed by atoms with Gasteiger partial charge in [-0.1, -0.05) is 12.1 Å². The molecule has 0 saturated carbocycles. The first-order valence-corrected chi connectivity index (χ1v) is 9.05. The van der Waals surface area contributed by atoms with Crippen LogP contribution in [0.25, 0.3) is 0 Å². The van der Waals surface area contributed by atoms with Crippen LogP contribution in [0, 0.1) is 5.92 Å². The molecule has 1 aliphatic heterocycles. The largest absolute Gasteiger partial charge is 0.330 e. The lowest BCUT2D eigenvalue weighted by Crippen LogP contribution is -2.39. The summed E-state index contributed by atoms with van der Waals surface area (Å²) >= 11 is 0. The SMILES string of the molecule is CC(c1ccc(S(C)(=O)=O)cc1)N1CCCC(CN)C1. The summed E-state index contributed by atoms with van der Waals surface area (Å²) in [6.45, 7) is 5.04. The second kappa shape index (κ2) is 6.24. The Morgan fingerprint density at radius 1 is 1.35 bits per heavy atom. The molecule has 1 aromatic rings. The molecule has 2 unspecified atom stereocenters. The van der Waals surface area contributed by atoms with Gasteiger partial charge >= 0.3 is 0 Å². The van der Waals surface area contributed by atoms with E-state index in [-0.39, 0.29) is 0 Å². The molecule has 112 valence electrons. The van der Waals surface area contributed by atoms with Crippen LogP contribution in [-0.4, -0.2) is 39.2 Å². The molecular weight excluding hydrogens is 272 g/mol. The van der Waals surface area contributed by atoms with E-state index >= 15 is 0 Å². The molecule has 0 spiro atoms. The van der Waals surface area contributed by atoms with Crippen LogP contribution in [0.3, 0.4) is 0 Å². The number of hydrogen-bond donors (Lipinski definition) is 1. The summed E-state index contributed by atoms with van der Waals surface area (Å²) in [5.41, 5.74) is 6.94. The Morgan fingerprint density at radius 2 is 2.00 bits per heavy atom. The maximum atomic E-state index is 11.5. The van der Waals surface area contributed by atoms with Gasteiger partial charge in [0.1, 0.15) is 0 Å². The Bertz CT molecular complexity index is 539. The molecule has 0 aromatic heterocycles. The Hall–Kier alpha value is -0.910. The zero-order valence-electron chi connectivity index (χ0n) is 12.2. The van der Waals surface area contributed by atoms with Crippen LogP contribution in [-0.2, 0) is 9.84 Å². The number of nitrogens with two attached hydrogens (primary N) is 1. The van der Waals surface area contributed by atoms with Gasteiger partial charge in [-0.15, -0.1) is 0 Å². The Balaban J connectivity index is 2.11. The molecule has 2 rings (SSSR count). The lowest BCUT2D eigenvalue weighted by molar-refractivity contribution is 0.134. The molecule has 1 saturated heterocycles. The minimum Gasteiger partial charge on any atom is -0.330 e. The van der Waals surface area contributed by atoms with Crippen LogP contribution in [0.4, 0.5) is 0 Å². The van der Waals surface area contributed by atoms with Gasteiger partial charge in [0, 0.05) is 18.8 Å². The van der Waals surface area contributed by atoms with Gasteiger partial charge in [-0.25, -0.2) is 8.42 Å². The molecule has 1 fully saturated rings. The second-order valence-electron chi connectivity index (χ2n) is 5.76. The Kier molecular flexibility index (Phi) is 4.83. The van der Waals surface area contributed by atoms with Crippen molar-refractivity contribution < 1.29 is 8.42 Å². The van der Waals surface area contributed by atoms with E-state index in [2.05, 4.69) is 11.8 Å². The van der Waals surface area contributed by atoms with Crippen molar-refractivity contribution in [3.05, 3.63) is 29.8 Å². The highest BCUT2D eigenvalue weighted by Crippen LogP contribution is 2.26. The van der Waals surface area contributed by atoms with Gasteiger partial charge in [-0.2, -0.15) is 0 Å². The number of benzene rings is 1. The molecular formula is C15H24N2O2S. The highest BCUT2D eigenvalue weighted by Gasteiger charge is 2.23. The molecule has 4 nitrogen and oxygen atoms in total. The second-order valence-corrected chi connectivity index (χ2v) is 7.77. The molecule has 2 N–H and O–H groups in total. The summed E-state index contributed by atoms with van der Waals surface area (Å²) in [5, 5.41) is 0. The average molecular weight is 296 g/mol. The van der Waals surface area contributed by atoms with Crippen molar-refractivity contribution in [2.45, 2.75) is 30.7 Å². The molecule has 0 aliphatic carbocycles. The van der Waals surface area contributed by atoms with E-state index in [1.165, 1.54) is 19.1 Å². The molecule has 5 heteroatoms. The maximum Gasteiger partial charge on any atom is 0.175 e. The van der Waals surface area contributed by atoms with E-state index < -0.39 is 9.84 Å². The highest BCUT2D eigenvalue weighted by molar-refractivity contribution is 7.90. The van der Waals surface area contributed by atoms with Crippen LogP contribution < -0.4 is 5.73 Å². The molecule has 0 radical (unpaired) electrons. The fourth-order valence-corrected chi connectivity index (χ4v) is 3.48. The first-order chi connectivity index (χ1) is 9.41. The van der Waals surface area contributed by atoms with Crippen molar-refractivity contribution in [1.29, 1.82) is 0 Å². The summed E-state index contributed by atoms with van der Waals surface area (Å²) in [5.74, 6) is 0.585. The van der Waals surface area contributed by atoms with Crippen molar-refractivity contribution in [2.24, 2.45) is 11.7 Å². The smallest absolute Gasteiger partial charge is 0.175 e. The van der Waals surface area contributed by atoms with Crippen molar-refractivity contribution in [2.75, 3.05) is 25.9 Å². The monoisotopic (exact) mass is 296 g/mol. The summed E-state index contributed by atoms with van der Waals surface area (Å²) in [6.07, 6.45) is 3.64. The topological polar surface area (TPSA) is 63.4 Å². The van der Waals surface area contributed by atoms with Crippen molar-refractivity contribution in [3.63, 3.8) is 0 Å². The highest BCUT2D eigenvalue weighted by atomic mass is 32.2. The standard InChI is InChI=1S/C15H24N2O2S/c1-12(17-9-3-4-13(10-16)11-17)14-5-7-15(8-6-14)20(2,18)19/h5-8,12-13H,3-4,9-11,16H2,1-2H3. The minimum absolute atomic E-state index is 0.304. The van der Waals surface area contributed by atoms with E-state index in [1.54, 1.807) is 12.1 Å². The zero-order chi connectivity index (χ0) is 14.8. The van der Waals surface area contributed by atoms with E-state index in [0.717, 1.165) is 25.2 Å². The van der Waals surface area contributed by atoms with Gasteiger partial charge in [-0.3, -0.25) is 4.90 Å². The predicted molar refractivity (Wildman–Crippen MR) is 81.3 cm³/mol. The molecule has 1 heterocycles. The van der Waals surface area contributed by atoms with Crippen LogP contribution in [0.5, 0.6) is 0 Å². The summed E-state index contributed by atoms with van der Waals surface area (Å²) in [4.78, 5) is 2.82. The lowest BCUT2D eigenvalue weighted by atomic mass is 9.95. The molecule has 1 aliphatic rings.